The molecule has 11 heteroatoms. The summed E-state index contributed by atoms with van der Waals surface area (Å²) in [5.74, 6) is -5.25. The zero-order chi connectivity index (χ0) is 16.9. The molecule has 0 aromatic heterocycles. The van der Waals surface area contributed by atoms with E-state index in [1.807, 2.05) is 0 Å². The summed E-state index contributed by atoms with van der Waals surface area (Å²) < 4.78 is 56.7. The van der Waals surface area contributed by atoms with Crippen molar-refractivity contribution >= 4 is 21.9 Å². The average molecular weight is 333 g/mol. The summed E-state index contributed by atoms with van der Waals surface area (Å²) in [6.07, 6.45) is -5.83. The number of nitrogens with one attached hydrogen (secondary N) is 1. The maximum absolute atomic E-state index is 12.5. The molecule has 3 unspecified atom stereocenters. The highest BCUT2D eigenvalue weighted by molar-refractivity contribution is 7.92. The number of rotatable bonds is 9. The van der Waals surface area contributed by atoms with Crippen LogP contribution < -0.4 is 11.5 Å². The van der Waals surface area contributed by atoms with Gasteiger partial charge in [0, 0.05) is 21.2 Å². The molecule has 0 saturated carbocycles. The van der Waals surface area contributed by atoms with Crippen LogP contribution >= 0.6 is 0 Å². The first-order chi connectivity index (χ1) is 9.37. The molecular weight excluding hydrogens is 315 g/mol. The van der Waals surface area contributed by atoms with Crippen molar-refractivity contribution in [2.75, 3.05) is 18.1 Å². The monoisotopic (exact) mass is 333 g/mol. The molecule has 0 rings (SSSR count). The normalized spacial score (nSPS) is 19.3. The van der Waals surface area contributed by atoms with Gasteiger partial charge in [0.15, 0.2) is 0 Å². The molecule has 21 heavy (non-hydrogen) atoms. The van der Waals surface area contributed by atoms with E-state index in [2.05, 4.69) is 5.73 Å². The molecule has 0 aromatic carbocycles. The molecular formula is C10H18F3N3O4S. The van der Waals surface area contributed by atoms with Crippen LogP contribution in [0.5, 0.6) is 0 Å². The van der Waals surface area contributed by atoms with Gasteiger partial charge < -0.3 is 21.4 Å². The highest BCUT2D eigenvalue weighted by Gasteiger charge is 2.43. The van der Waals surface area contributed by atoms with Crippen LogP contribution in [0.3, 0.4) is 0 Å². The van der Waals surface area contributed by atoms with E-state index >= 15 is 0 Å². The number of aliphatic hydroxyl groups is 1. The van der Waals surface area contributed by atoms with E-state index in [9.17, 15) is 27.0 Å². The summed E-state index contributed by atoms with van der Waals surface area (Å²) in [5, 5.41) is 8.86. The van der Waals surface area contributed by atoms with Gasteiger partial charge in [0.1, 0.15) is 12.2 Å². The number of carbonyl (C=O) groups excluding carboxylic acids is 2. The minimum absolute atomic E-state index is 0.227. The molecule has 3 atom stereocenters. The van der Waals surface area contributed by atoms with E-state index in [0.717, 1.165) is 0 Å². The fourth-order valence-corrected chi connectivity index (χ4v) is 2.94. The molecule has 0 spiro atoms. The summed E-state index contributed by atoms with van der Waals surface area (Å²) in [4.78, 5) is 21.3. The van der Waals surface area contributed by atoms with Crippen molar-refractivity contribution in [1.82, 2.24) is 0 Å². The Bertz CT molecular complexity index is 480. The molecule has 0 aliphatic rings. The fraction of sp³-hybridized carbons (Fsp3) is 0.800. The van der Waals surface area contributed by atoms with Crippen molar-refractivity contribution in [3.8, 4) is 0 Å². The summed E-state index contributed by atoms with van der Waals surface area (Å²) in [5.41, 5.74) is 8.34. The smallest absolute Gasteiger partial charge is 0.394 e. The minimum Gasteiger partial charge on any atom is -0.394 e. The van der Waals surface area contributed by atoms with E-state index in [4.69, 9.17) is 15.6 Å². The maximum Gasteiger partial charge on any atom is 0.400 e. The molecule has 0 bridgehead atoms. The van der Waals surface area contributed by atoms with Gasteiger partial charge in [-0.05, 0) is 12.8 Å². The third kappa shape index (κ3) is 6.87. The number of hydrogen-bond donors (Lipinski definition) is 4. The van der Waals surface area contributed by atoms with Gasteiger partial charge in [-0.2, -0.15) is 13.2 Å². The first kappa shape index (κ1) is 19.8. The van der Waals surface area contributed by atoms with Crippen LogP contribution in [0.1, 0.15) is 12.8 Å². The third-order valence-electron chi connectivity index (χ3n) is 2.90. The number of halogens is 3. The first-order valence-electron chi connectivity index (χ1n) is 5.83. The largest absolute Gasteiger partial charge is 0.400 e. The average Bonchev–Trinajstić information content (AvgIpc) is 2.34. The number of amides is 1. The molecule has 0 radical (unpaired) electrons. The third-order valence-corrected chi connectivity index (χ3v) is 4.66. The van der Waals surface area contributed by atoms with E-state index in [0.29, 0.717) is 0 Å². The van der Waals surface area contributed by atoms with Gasteiger partial charge in [0.2, 0.25) is 5.91 Å². The van der Waals surface area contributed by atoms with Gasteiger partial charge >= 0.3 is 6.18 Å². The lowest BCUT2D eigenvalue weighted by atomic mass is 10.0. The predicted octanol–water partition coefficient (Wildman–Crippen LogP) is -0.634. The summed E-state index contributed by atoms with van der Waals surface area (Å²) >= 11 is 0. The molecule has 0 saturated heterocycles. The Hall–Kier alpha value is -1.20. The Balaban J connectivity index is 4.69. The van der Waals surface area contributed by atoms with Crippen LogP contribution in [0.4, 0.5) is 13.2 Å². The maximum atomic E-state index is 12.5. The number of nitrogens with two attached hydrogens (primary N) is 2. The molecule has 0 heterocycles. The fourth-order valence-electron chi connectivity index (χ4n) is 1.41. The molecule has 0 aliphatic heterocycles. The predicted molar refractivity (Wildman–Crippen MR) is 68.6 cm³/mol. The highest BCUT2D eigenvalue weighted by atomic mass is 32.2. The van der Waals surface area contributed by atoms with E-state index in [1.54, 1.807) is 0 Å². The zero-order valence-electron chi connectivity index (χ0n) is 11.1. The second-order valence-corrected chi connectivity index (χ2v) is 7.20. The second-order valence-electron chi connectivity index (χ2n) is 4.76. The lowest BCUT2D eigenvalue weighted by Gasteiger charge is -2.21. The lowest BCUT2D eigenvalue weighted by molar-refractivity contribution is -0.181. The van der Waals surface area contributed by atoms with Crippen LogP contribution in [0.25, 0.3) is 0 Å². The number of primary amides is 1. The van der Waals surface area contributed by atoms with E-state index in [1.165, 1.54) is 0 Å². The molecule has 7 nitrogen and oxygen atoms in total. The highest BCUT2D eigenvalue weighted by Crippen LogP contribution is 2.29. The van der Waals surface area contributed by atoms with Gasteiger partial charge in [0.05, 0.1) is 12.1 Å². The van der Waals surface area contributed by atoms with Crippen LogP contribution in [0.15, 0.2) is 0 Å². The Morgan fingerprint density at radius 1 is 1.38 bits per heavy atom. The second kappa shape index (κ2) is 7.18. The number of aldehydes is 1. The lowest BCUT2D eigenvalue weighted by Crippen LogP contribution is -2.47. The molecule has 6 N–H and O–H groups in total. The van der Waals surface area contributed by atoms with Crippen molar-refractivity contribution in [1.29, 1.82) is 4.78 Å². The van der Waals surface area contributed by atoms with Crippen molar-refractivity contribution in [3.05, 3.63) is 0 Å². The van der Waals surface area contributed by atoms with Crippen molar-refractivity contribution in [3.63, 3.8) is 0 Å². The Kier molecular flexibility index (Phi) is 6.77. The topological polar surface area (TPSA) is 147 Å². The number of hydrogen-bond acceptors (Lipinski definition) is 6. The number of carbonyl (C=O) groups is 2. The van der Waals surface area contributed by atoms with E-state index < -0.39 is 57.8 Å². The van der Waals surface area contributed by atoms with Gasteiger partial charge in [-0.15, -0.1) is 0 Å². The Morgan fingerprint density at radius 3 is 2.24 bits per heavy atom. The minimum atomic E-state index is -4.87. The number of alkyl halides is 3. The first-order valence-corrected chi connectivity index (χ1v) is 7.73. The Labute approximate surface area is 119 Å². The summed E-state index contributed by atoms with van der Waals surface area (Å²) in [7, 11) is -3.48. The SMILES string of the molecule is N=S(=O)(CCC(C(N)=O)C(F)(F)F)CCC(N)(C=O)CO. The molecule has 0 aliphatic carbocycles. The van der Waals surface area contributed by atoms with Crippen LogP contribution in [0, 0.1) is 10.7 Å². The Morgan fingerprint density at radius 2 is 1.90 bits per heavy atom. The summed E-state index contributed by atoms with van der Waals surface area (Å²) in [6.45, 7) is -0.738. The standard InChI is InChI=1S/C10H18F3N3O4S/c11-10(12,13)7(8(14)19)1-3-21(16,20)4-2-9(15,5-17)6-18/h5,7,16,18H,1-4,6,15H2,(H2,14,19). The van der Waals surface area contributed by atoms with Gasteiger partial charge in [-0.1, -0.05) is 0 Å². The van der Waals surface area contributed by atoms with E-state index in [-0.39, 0.29) is 12.7 Å². The van der Waals surface area contributed by atoms with Crippen LogP contribution in [0.2, 0.25) is 0 Å². The summed E-state index contributed by atoms with van der Waals surface area (Å²) in [6, 6.07) is 0. The van der Waals surface area contributed by atoms with Crippen molar-refractivity contribution < 1.29 is 32.1 Å². The zero-order valence-corrected chi connectivity index (χ0v) is 11.9. The van der Waals surface area contributed by atoms with Gasteiger partial charge in [-0.25, -0.2) is 4.21 Å². The van der Waals surface area contributed by atoms with Crippen LogP contribution in [-0.4, -0.2) is 51.3 Å². The van der Waals surface area contributed by atoms with Crippen molar-refractivity contribution in [2.45, 2.75) is 24.6 Å². The van der Waals surface area contributed by atoms with Gasteiger partial charge in [-0.3, -0.25) is 9.57 Å². The quantitative estimate of drug-likeness (QED) is 0.415. The molecule has 0 fully saturated rings. The van der Waals surface area contributed by atoms with Crippen LogP contribution in [-0.2, 0) is 19.3 Å². The molecule has 124 valence electrons. The molecule has 1 amide bonds. The molecule has 0 aromatic rings. The van der Waals surface area contributed by atoms with Crippen molar-refractivity contribution in [2.24, 2.45) is 17.4 Å². The van der Waals surface area contributed by atoms with Gasteiger partial charge in [0.25, 0.3) is 0 Å². The number of aliphatic hydroxyl groups excluding tert-OH is 1.